The molecule has 3 heterocycles. The molecule has 2 atom stereocenters. The Kier molecular flexibility index (Phi) is 5.89. The van der Waals surface area contributed by atoms with E-state index in [1.54, 1.807) is 52.7 Å². The van der Waals surface area contributed by atoms with Crippen LogP contribution in [0.1, 0.15) is 22.5 Å². The first-order valence-corrected chi connectivity index (χ1v) is 9.95. The van der Waals surface area contributed by atoms with Gasteiger partial charge in [-0.1, -0.05) is 12.1 Å². The second-order valence-electron chi connectivity index (χ2n) is 7.30. The summed E-state index contributed by atoms with van der Waals surface area (Å²) in [5.74, 6) is -1.09. The average molecular weight is 408 g/mol. The number of H-pyrrole nitrogens is 1. The van der Waals surface area contributed by atoms with Crippen molar-refractivity contribution in [3.63, 3.8) is 0 Å². The number of nitrogens with zero attached hydrogens (tertiary/aromatic N) is 4. The molecule has 9 heteroatoms. The largest absolute Gasteiger partial charge is 0.392 e. The van der Waals surface area contributed by atoms with Gasteiger partial charge in [-0.3, -0.25) is 9.59 Å². The zero-order valence-corrected chi connectivity index (χ0v) is 16.4. The lowest BCUT2D eigenvalue weighted by atomic mass is 9.93. The van der Waals surface area contributed by atoms with Crippen LogP contribution in [-0.4, -0.2) is 67.3 Å². The molecule has 0 bridgehead atoms. The lowest BCUT2D eigenvalue weighted by Crippen LogP contribution is -2.51. The molecule has 1 aromatic carbocycles. The number of hydrogen-bond donors (Lipinski definition) is 3. The van der Waals surface area contributed by atoms with Crippen LogP contribution in [0.2, 0.25) is 0 Å². The number of amides is 2. The number of aromatic amines is 1. The molecular weight excluding hydrogens is 384 g/mol. The van der Waals surface area contributed by atoms with Gasteiger partial charge in [0.15, 0.2) is 0 Å². The van der Waals surface area contributed by atoms with Crippen LogP contribution >= 0.6 is 0 Å². The number of carbonyl (C=O) groups is 2. The van der Waals surface area contributed by atoms with E-state index in [0.717, 1.165) is 5.69 Å². The van der Waals surface area contributed by atoms with Crippen LogP contribution in [0, 0.1) is 5.92 Å². The fourth-order valence-corrected chi connectivity index (χ4v) is 3.69. The Morgan fingerprint density at radius 3 is 2.90 bits per heavy atom. The maximum Gasteiger partial charge on any atom is 0.256 e. The highest BCUT2D eigenvalue weighted by molar-refractivity contribution is 5.98. The van der Waals surface area contributed by atoms with Gasteiger partial charge in [0.1, 0.15) is 0 Å². The minimum absolute atomic E-state index is 0.170. The lowest BCUT2D eigenvalue weighted by molar-refractivity contribution is -0.130. The molecule has 0 radical (unpaired) electrons. The first-order chi connectivity index (χ1) is 14.6. The predicted octanol–water partition coefficient (Wildman–Crippen LogP) is 0.777. The van der Waals surface area contributed by atoms with Gasteiger partial charge >= 0.3 is 0 Å². The molecule has 3 aromatic rings. The van der Waals surface area contributed by atoms with E-state index in [-0.39, 0.29) is 18.4 Å². The quantitative estimate of drug-likeness (QED) is 0.557. The number of hydrogen-bond acceptors (Lipinski definition) is 5. The van der Waals surface area contributed by atoms with Crippen LogP contribution in [0.5, 0.6) is 0 Å². The second-order valence-corrected chi connectivity index (χ2v) is 7.30. The van der Waals surface area contributed by atoms with Crippen LogP contribution in [0.4, 0.5) is 0 Å². The number of imidazole rings is 1. The molecular formula is C21H24N6O3. The van der Waals surface area contributed by atoms with E-state index < -0.39 is 12.0 Å². The van der Waals surface area contributed by atoms with E-state index in [9.17, 15) is 14.7 Å². The highest BCUT2D eigenvalue weighted by Gasteiger charge is 2.35. The zero-order valence-electron chi connectivity index (χ0n) is 16.4. The van der Waals surface area contributed by atoms with E-state index in [4.69, 9.17) is 0 Å². The number of rotatable bonds is 6. The number of likely N-dealkylation sites (tertiary alicyclic amines) is 1. The summed E-state index contributed by atoms with van der Waals surface area (Å²) in [6.45, 7) is 0.995. The lowest BCUT2D eigenvalue weighted by Gasteiger charge is -2.35. The molecule has 1 aliphatic rings. The Morgan fingerprint density at radius 1 is 1.27 bits per heavy atom. The molecule has 1 saturated heterocycles. The summed E-state index contributed by atoms with van der Waals surface area (Å²) in [6, 6.07) is 9.03. The van der Waals surface area contributed by atoms with Crippen LogP contribution in [0.3, 0.4) is 0 Å². The van der Waals surface area contributed by atoms with Gasteiger partial charge in [-0.2, -0.15) is 5.10 Å². The third-order valence-electron chi connectivity index (χ3n) is 5.33. The summed E-state index contributed by atoms with van der Waals surface area (Å²) in [5, 5.41) is 17.4. The van der Waals surface area contributed by atoms with Crippen molar-refractivity contribution in [1.82, 2.24) is 30.0 Å². The number of benzene rings is 1. The third-order valence-corrected chi connectivity index (χ3v) is 5.33. The summed E-state index contributed by atoms with van der Waals surface area (Å²) >= 11 is 0. The van der Waals surface area contributed by atoms with Crippen molar-refractivity contribution in [2.75, 3.05) is 19.6 Å². The summed E-state index contributed by atoms with van der Waals surface area (Å²) in [4.78, 5) is 34.4. The molecule has 0 spiro atoms. The molecule has 1 fully saturated rings. The summed E-state index contributed by atoms with van der Waals surface area (Å²) in [5.41, 5.74) is 2.11. The predicted molar refractivity (Wildman–Crippen MR) is 109 cm³/mol. The number of nitrogens with one attached hydrogen (secondary N) is 2. The first kappa shape index (κ1) is 19.8. The summed E-state index contributed by atoms with van der Waals surface area (Å²) < 4.78 is 1.64. The highest BCUT2D eigenvalue weighted by Crippen LogP contribution is 2.22. The molecule has 0 aliphatic carbocycles. The van der Waals surface area contributed by atoms with Crippen LogP contribution in [0.15, 0.2) is 55.2 Å². The highest BCUT2D eigenvalue weighted by atomic mass is 16.3. The van der Waals surface area contributed by atoms with Crippen molar-refractivity contribution < 1.29 is 14.7 Å². The molecule has 156 valence electrons. The maximum atomic E-state index is 13.2. The SMILES string of the molecule is O=C(NCCc1cnc[nH]1)[C@H]1CN(C(=O)c2ccccc2-n2cccn2)CC[C@H]1O. The van der Waals surface area contributed by atoms with E-state index in [1.165, 1.54) is 0 Å². The van der Waals surface area contributed by atoms with Crippen molar-refractivity contribution in [1.29, 1.82) is 0 Å². The van der Waals surface area contributed by atoms with Crippen molar-refractivity contribution in [2.24, 2.45) is 5.92 Å². The number of para-hydroxylation sites is 1. The van der Waals surface area contributed by atoms with Crippen molar-refractivity contribution >= 4 is 11.8 Å². The standard InChI is InChI=1S/C21H24N6O3/c28-19-7-11-26(13-17(19)20(29)23-9-6-15-12-22-14-24-15)21(30)16-4-1-2-5-18(16)27-10-3-8-25-27/h1-5,8,10,12,14,17,19,28H,6-7,9,11,13H2,(H,22,24)(H,23,29)/t17-,19+/m0/s1. The maximum absolute atomic E-state index is 13.2. The number of aromatic nitrogens is 4. The molecule has 0 saturated carbocycles. The second kappa shape index (κ2) is 8.91. The number of piperidine rings is 1. The Balaban J connectivity index is 1.43. The molecule has 2 amide bonds. The molecule has 0 unspecified atom stereocenters. The van der Waals surface area contributed by atoms with Gasteiger partial charge in [0, 0.05) is 50.3 Å². The fourth-order valence-electron chi connectivity index (χ4n) is 3.69. The average Bonchev–Trinajstić information content (AvgIpc) is 3.48. The summed E-state index contributed by atoms with van der Waals surface area (Å²) in [7, 11) is 0. The number of aliphatic hydroxyl groups excluding tert-OH is 1. The van der Waals surface area contributed by atoms with Gasteiger partial charge in [-0.15, -0.1) is 0 Å². The molecule has 3 N–H and O–H groups in total. The number of carbonyl (C=O) groups excluding carboxylic acids is 2. The topological polar surface area (TPSA) is 116 Å². The zero-order chi connectivity index (χ0) is 20.9. The Morgan fingerprint density at radius 2 is 2.13 bits per heavy atom. The monoisotopic (exact) mass is 408 g/mol. The minimum Gasteiger partial charge on any atom is -0.392 e. The third kappa shape index (κ3) is 4.25. The normalized spacial score (nSPS) is 18.9. The summed E-state index contributed by atoms with van der Waals surface area (Å²) in [6.07, 6.45) is 6.93. The Labute approximate surface area is 173 Å². The van der Waals surface area contributed by atoms with Gasteiger partial charge in [-0.25, -0.2) is 9.67 Å². The first-order valence-electron chi connectivity index (χ1n) is 9.95. The van der Waals surface area contributed by atoms with Crippen LogP contribution < -0.4 is 5.32 Å². The number of aliphatic hydroxyl groups is 1. The van der Waals surface area contributed by atoms with Crippen LogP contribution in [-0.2, 0) is 11.2 Å². The molecule has 9 nitrogen and oxygen atoms in total. The van der Waals surface area contributed by atoms with Gasteiger partial charge in [0.25, 0.3) is 5.91 Å². The van der Waals surface area contributed by atoms with Crippen molar-refractivity contribution in [3.8, 4) is 5.69 Å². The van der Waals surface area contributed by atoms with Gasteiger partial charge in [-0.05, 0) is 24.6 Å². The van der Waals surface area contributed by atoms with E-state index in [0.29, 0.717) is 37.2 Å². The van der Waals surface area contributed by atoms with Crippen molar-refractivity contribution in [3.05, 3.63) is 66.5 Å². The Bertz CT molecular complexity index is 986. The molecule has 30 heavy (non-hydrogen) atoms. The smallest absolute Gasteiger partial charge is 0.256 e. The van der Waals surface area contributed by atoms with Gasteiger partial charge in [0.2, 0.25) is 5.91 Å². The van der Waals surface area contributed by atoms with Crippen LogP contribution in [0.25, 0.3) is 5.69 Å². The fraction of sp³-hybridized carbons (Fsp3) is 0.333. The molecule has 1 aliphatic heterocycles. The van der Waals surface area contributed by atoms with E-state index in [2.05, 4.69) is 20.4 Å². The van der Waals surface area contributed by atoms with E-state index >= 15 is 0 Å². The van der Waals surface area contributed by atoms with Crippen molar-refractivity contribution in [2.45, 2.75) is 18.9 Å². The van der Waals surface area contributed by atoms with E-state index in [1.807, 2.05) is 12.1 Å². The molecule has 4 rings (SSSR count). The Hall–Kier alpha value is -3.46. The van der Waals surface area contributed by atoms with Gasteiger partial charge in [0.05, 0.1) is 29.6 Å². The minimum atomic E-state index is -0.775. The molecule has 2 aromatic heterocycles. The van der Waals surface area contributed by atoms with Gasteiger partial charge < -0.3 is 20.3 Å².